The minimum absolute atomic E-state index is 0.00695. The van der Waals surface area contributed by atoms with Crippen molar-refractivity contribution in [3.8, 4) is 0 Å². The van der Waals surface area contributed by atoms with Crippen molar-refractivity contribution in [2.75, 3.05) is 24.3 Å². The van der Waals surface area contributed by atoms with Crippen molar-refractivity contribution in [2.45, 2.75) is 70.9 Å². The minimum Gasteiger partial charge on any atom is -0.373 e. The number of aryl methyl sites for hydroxylation is 2. The summed E-state index contributed by atoms with van der Waals surface area (Å²) in [7, 11) is 5.22. The predicted molar refractivity (Wildman–Crippen MR) is 142 cm³/mol. The van der Waals surface area contributed by atoms with Gasteiger partial charge >= 0.3 is 6.03 Å². The Morgan fingerprint density at radius 3 is 2.57 bits per heavy atom. The zero-order chi connectivity index (χ0) is 26.7. The van der Waals surface area contributed by atoms with Gasteiger partial charge in [0.25, 0.3) is 5.91 Å². The third kappa shape index (κ3) is 5.62. The van der Waals surface area contributed by atoms with Crippen molar-refractivity contribution < 1.29 is 14.4 Å². The molecular weight excluding hydrogens is 470 g/mol. The number of aromatic nitrogens is 3. The number of imide groups is 1. The first-order chi connectivity index (χ1) is 17.7. The lowest BCUT2D eigenvalue weighted by atomic mass is 9.81. The third-order valence-corrected chi connectivity index (χ3v) is 7.79. The highest BCUT2D eigenvalue weighted by Gasteiger charge is 2.55. The monoisotopic (exact) mass is 509 g/mol. The summed E-state index contributed by atoms with van der Waals surface area (Å²) in [5.74, 6) is -0.169. The highest BCUT2D eigenvalue weighted by atomic mass is 16.2. The number of nitrogens with one attached hydrogen (secondary N) is 2. The van der Waals surface area contributed by atoms with Crippen LogP contribution in [0.4, 0.5) is 16.3 Å². The van der Waals surface area contributed by atoms with E-state index in [0.717, 1.165) is 35.4 Å². The summed E-state index contributed by atoms with van der Waals surface area (Å²) < 4.78 is 1.61. The van der Waals surface area contributed by atoms with Crippen LogP contribution >= 0.6 is 0 Å². The molecule has 0 unspecified atom stereocenters. The number of carbonyl (C=O) groups excluding carboxylic acids is 3. The van der Waals surface area contributed by atoms with Crippen LogP contribution in [-0.4, -0.2) is 63.7 Å². The van der Waals surface area contributed by atoms with Crippen molar-refractivity contribution in [1.29, 1.82) is 0 Å². The van der Waals surface area contributed by atoms with Crippen LogP contribution in [0, 0.1) is 18.8 Å². The highest BCUT2D eigenvalue weighted by molar-refractivity contribution is 6.12. The number of urea groups is 1. The van der Waals surface area contributed by atoms with Gasteiger partial charge in [-0.2, -0.15) is 5.10 Å². The fourth-order valence-electron chi connectivity index (χ4n) is 5.72. The molecule has 37 heavy (non-hydrogen) atoms. The van der Waals surface area contributed by atoms with Crippen molar-refractivity contribution in [1.82, 2.24) is 25.0 Å². The second-order valence-electron chi connectivity index (χ2n) is 10.3. The summed E-state index contributed by atoms with van der Waals surface area (Å²) in [6.45, 7) is 3.95. The zero-order valence-electron chi connectivity index (χ0n) is 22.5. The van der Waals surface area contributed by atoms with E-state index in [1.807, 2.05) is 19.1 Å². The number of nitrogens with zero attached hydrogens (tertiary/aromatic N) is 5. The maximum absolute atomic E-state index is 13.7. The molecule has 2 aromatic heterocycles. The molecule has 3 atom stereocenters. The van der Waals surface area contributed by atoms with Gasteiger partial charge in [-0.25, -0.2) is 9.78 Å². The molecule has 4 amide bonds. The number of hydrogen-bond donors (Lipinski definition) is 2. The van der Waals surface area contributed by atoms with Crippen LogP contribution in [0.2, 0.25) is 0 Å². The number of anilines is 2. The van der Waals surface area contributed by atoms with E-state index in [2.05, 4.69) is 27.6 Å². The zero-order valence-corrected chi connectivity index (χ0v) is 22.5. The van der Waals surface area contributed by atoms with Crippen LogP contribution in [0.3, 0.4) is 0 Å². The van der Waals surface area contributed by atoms with Gasteiger partial charge in [-0.05, 0) is 56.2 Å². The normalized spacial score (nSPS) is 20.8. The topological polar surface area (TPSA) is 112 Å². The molecule has 3 heterocycles. The smallest absolute Gasteiger partial charge is 0.325 e. The lowest BCUT2D eigenvalue weighted by Gasteiger charge is -2.46. The Kier molecular flexibility index (Phi) is 8.14. The Bertz CT molecular complexity index is 1140. The SMILES string of the molecule is CC[C@@H](NC(=O)N1C(=O)[C@H](Cc2cc(C)nc(NC)c2)[C@H]1C(=O)N(C)c1cnn(C)c1)C1CCCCC1. The van der Waals surface area contributed by atoms with Crippen molar-refractivity contribution in [3.63, 3.8) is 0 Å². The molecule has 200 valence electrons. The maximum Gasteiger partial charge on any atom is 0.325 e. The van der Waals surface area contributed by atoms with E-state index in [-0.39, 0.29) is 17.9 Å². The van der Waals surface area contributed by atoms with Crippen molar-refractivity contribution >= 4 is 29.4 Å². The quantitative estimate of drug-likeness (QED) is 0.528. The molecule has 10 nitrogen and oxygen atoms in total. The standard InChI is InChI=1S/C27H39N7O3/c1-6-22(19-10-8-7-9-11-19)31-27(37)34-24(26(36)33(5)20-15-29-32(4)16-20)21(25(34)35)13-18-12-17(2)30-23(14-18)28-3/h12,14-16,19,21-22,24H,6-11,13H2,1-5H3,(H,28,30)(H,31,37)/t21-,22-,24+/m1/s1. The molecular formula is C27H39N7O3. The minimum atomic E-state index is -0.895. The fraction of sp³-hybridized carbons (Fsp3) is 0.593. The van der Waals surface area contributed by atoms with E-state index in [1.165, 1.54) is 24.2 Å². The molecule has 1 aliphatic heterocycles. The van der Waals surface area contributed by atoms with Crippen molar-refractivity contribution in [3.05, 3.63) is 35.8 Å². The lowest BCUT2D eigenvalue weighted by Crippen LogP contribution is -2.71. The number of rotatable bonds is 8. The molecule has 0 radical (unpaired) electrons. The number of carbonyl (C=O) groups is 3. The first-order valence-electron chi connectivity index (χ1n) is 13.3. The summed E-state index contributed by atoms with van der Waals surface area (Å²) in [5.41, 5.74) is 2.32. The van der Waals surface area contributed by atoms with Crippen LogP contribution in [0.1, 0.15) is 56.7 Å². The Labute approximate surface area is 218 Å². The van der Waals surface area contributed by atoms with Gasteiger partial charge in [-0.15, -0.1) is 0 Å². The number of hydrogen-bond acceptors (Lipinski definition) is 6. The number of likely N-dealkylation sites (N-methyl/N-ethyl adjacent to an activating group) is 1. The second-order valence-corrected chi connectivity index (χ2v) is 10.3. The second kappa shape index (κ2) is 11.3. The van der Waals surface area contributed by atoms with Crippen LogP contribution < -0.4 is 15.5 Å². The van der Waals surface area contributed by atoms with Gasteiger partial charge in [0.15, 0.2) is 0 Å². The van der Waals surface area contributed by atoms with E-state index in [0.29, 0.717) is 23.8 Å². The molecule has 2 fully saturated rings. The summed E-state index contributed by atoms with van der Waals surface area (Å²) in [6, 6.07) is 2.42. The molecule has 0 spiro atoms. The molecule has 2 aliphatic rings. The van der Waals surface area contributed by atoms with Gasteiger partial charge in [0.2, 0.25) is 5.91 Å². The molecule has 1 saturated heterocycles. The van der Waals surface area contributed by atoms with E-state index in [9.17, 15) is 14.4 Å². The van der Waals surface area contributed by atoms with Gasteiger partial charge in [0.05, 0.1) is 17.8 Å². The van der Waals surface area contributed by atoms with Gasteiger partial charge < -0.3 is 15.5 Å². The maximum atomic E-state index is 13.7. The van der Waals surface area contributed by atoms with Gasteiger partial charge in [0, 0.05) is 39.1 Å². The van der Waals surface area contributed by atoms with E-state index >= 15 is 0 Å². The van der Waals surface area contributed by atoms with Crippen LogP contribution in [-0.2, 0) is 23.1 Å². The Hall–Kier alpha value is -3.43. The van der Waals surface area contributed by atoms with Crippen molar-refractivity contribution in [2.24, 2.45) is 18.9 Å². The first kappa shape index (κ1) is 26.6. The average Bonchev–Trinajstić information content (AvgIpc) is 3.34. The Morgan fingerprint density at radius 1 is 1.22 bits per heavy atom. The Morgan fingerprint density at radius 2 is 1.95 bits per heavy atom. The number of amides is 4. The van der Waals surface area contributed by atoms with Gasteiger partial charge in [-0.1, -0.05) is 26.2 Å². The van der Waals surface area contributed by atoms with Crippen LogP contribution in [0.25, 0.3) is 0 Å². The first-order valence-corrected chi connectivity index (χ1v) is 13.3. The summed E-state index contributed by atoms with van der Waals surface area (Å²) in [5, 5.41) is 10.3. The van der Waals surface area contributed by atoms with E-state index in [1.54, 1.807) is 38.2 Å². The summed E-state index contributed by atoms with van der Waals surface area (Å²) >= 11 is 0. The molecule has 0 bridgehead atoms. The van der Waals surface area contributed by atoms with Gasteiger partial charge in [0.1, 0.15) is 11.9 Å². The number of β-lactam (4-membered cyclic amide) rings is 1. The fourth-order valence-corrected chi connectivity index (χ4v) is 5.72. The molecule has 2 N–H and O–H groups in total. The lowest BCUT2D eigenvalue weighted by molar-refractivity contribution is -0.156. The average molecular weight is 510 g/mol. The number of likely N-dealkylation sites (tertiary alicyclic amines) is 1. The van der Waals surface area contributed by atoms with E-state index in [4.69, 9.17) is 0 Å². The highest BCUT2D eigenvalue weighted by Crippen LogP contribution is 2.34. The largest absolute Gasteiger partial charge is 0.373 e. The Balaban J connectivity index is 1.58. The molecule has 1 aliphatic carbocycles. The molecule has 10 heteroatoms. The summed E-state index contributed by atoms with van der Waals surface area (Å²) in [4.78, 5) is 47.7. The molecule has 2 aromatic rings. The molecule has 0 aromatic carbocycles. The van der Waals surface area contributed by atoms with Crippen LogP contribution in [0.5, 0.6) is 0 Å². The predicted octanol–water partition coefficient (Wildman–Crippen LogP) is 3.27. The molecule has 1 saturated carbocycles. The molecule has 4 rings (SSSR count). The third-order valence-electron chi connectivity index (χ3n) is 7.79. The van der Waals surface area contributed by atoms with Gasteiger partial charge in [-0.3, -0.25) is 19.2 Å². The van der Waals surface area contributed by atoms with Crippen LogP contribution in [0.15, 0.2) is 24.5 Å². The summed E-state index contributed by atoms with van der Waals surface area (Å²) in [6.07, 6.45) is 10.2. The number of pyridine rings is 1. The van der Waals surface area contributed by atoms with E-state index < -0.39 is 18.0 Å².